The van der Waals surface area contributed by atoms with Crippen LogP contribution in [-0.4, -0.2) is 91.2 Å². The molecule has 0 saturated carbocycles. The molecule has 0 radical (unpaired) electrons. The third-order valence-corrected chi connectivity index (χ3v) is 6.65. The molecule has 2 aliphatic heterocycles. The quantitative estimate of drug-likeness (QED) is 0.681. The van der Waals surface area contributed by atoms with Gasteiger partial charge in [0.05, 0.1) is 0 Å². The highest BCUT2D eigenvalue weighted by Gasteiger charge is 2.38. The molecule has 0 bridgehead atoms. The molecule has 33 heavy (non-hydrogen) atoms. The number of hydrogen-bond donors (Lipinski definition) is 1. The Bertz CT molecular complexity index is 757. The summed E-state index contributed by atoms with van der Waals surface area (Å²) in [5, 5.41) is 3.11. The Balaban J connectivity index is 1.56. The topological polar surface area (TPSA) is 65.1 Å². The summed E-state index contributed by atoms with van der Waals surface area (Å²) >= 11 is 0. The van der Waals surface area contributed by atoms with Crippen LogP contribution in [0.15, 0.2) is 30.3 Å². The monoisotopic (exact) mass is 458 g/mol. The van der Waals surface area contributed by atoms with E-state index < -0.39 is 11.6 Å². The lowest BCUT2D eigenvalue weighted by atomic mass is 9.86. The zero-order valence-corrected chi connectivity index (χ0v) is 20.9. The molecule has 7 heteroatoms. The van der Waals surface area contributed by atoms with Crippen molar-refractivity contribution < 1.29 is 14.3 Å². The maximum atomic E-state index is 13.2. The zero-order valence-electron chi connectivity index (χ0n) is 20.9. The molecular formula is C26H42N4O3. The van der Waals surface area contributed by atoms with Gasteiger partial charge in [0, 0.05) is 45.8 Å². The number of aryl methyl sites for hydroxylation is 1. The van der Waals surface area contributed by atoms with E-state index >= 15 is 0 Å². The summed E-state index contributed by atoms with van der Waals surface area (Å²) in [5.41, 5.74) is 0.740. The van der Waals surface area contributed by atoms with Crippen LogP contribution in [0, 0.1) is 5.92 Å². The Morgan fingerprint density at radius 1 is 1.06 bits per heavy atom. The summed E-state index contributed by atoms with van der Waals surface area (Å²) in [7, 11) is 2.14. The number of piperazine rings is 1. The minimum absolute atomic E-state index is 0.0561. The molecule has 0 spiro atoms. The van der Waals surface area contributed by atoms with Gasteiger partial charge in [0.2, 0.25) is 5.91 Å². The number of benzene rings is 1. The highest BCUT2D eigenvalue weighted by atomic mass is 16.6. The lowest BCUT2D eigenvalue weighted by Crippen LogP contribution is -2.55. The third kappa shape index (κ3) is 8.31. The molecule has 2 fully saturated rings. The highest BCUT2D eigenvalue weighted by Crippen LogP contribution is 2.28. The summed E-state index contributed by atoms with van der Waals surface area (Å²) in [5.74, 6) is 0.358. The Morgan fingerprint density at radius 2 is 1.76 bits per heavy atom. The molecule has 2 heterocycles. The van der Waals surface area contributed by atoms with Crippen molar-refractivity contribution in [1.82, 2.24) is 20.0 Å². The first-order chi connectivity index (χ1) is 15.7. The maximum absolute atomic E-state index is 13.2. The summed E-state index contributed by atoms with van der Waals surface area (Å²) < 4.78 is 5.63. The fraction of sp³-hybridized carbons (Fsp3) is 0.692. The van der Waals surface area contributed by atoms with E-state index in [0.29, 0.717) is 25.4 Å². The number of likely N-dealkylation sites (tertiary alicyclic amines) is 1. The lowest BCUT2D eigenvalue weighted by molar-refractivity contribution is -0.128. The van der Waals surface area contributed by atoms with Gasteiger partial charge in [-0.05, 0) is 65.0 Å². The fourth-order valence-corrected chi connectivity index (χ4v) is 4.63. The van der Waals surface area contributed by atoms with E-state index in [0.717, 1.165) is 52.0 Å². The summed E-state index contributed by atoms with van der Waals surface area (Å²) in [4.78, 5) is 32.4. The van der Waals surface area contributed by atoms with Gasteiger partial charge >= 0.3 is 6.09 Å². The molecule has 1 N–H and O–H groups in total. The number of hydrogen-bond acceptors (Lipinski definition) is 5. The lowest BCUT2D eigenvalue weighted by Gasteiger charge is -2.39. The van der Waals surface area contributed by atoms with E-state index in [1.807, 2.05) is 26.8 Å². The molecule has 0 aromatic heterocycles. The number of nitrogens with zero attached hydrogens (tertiary/aromatic N) is 3. The first kappa shape index (κ1) is 25.5. The van der Waals surface area contributed by atoms with Gasteiger partial charge in [-0.2, -0.15) is 0 Å². The number of carbonyl (C=O) groups is 2. The van der Waals surface area contributed by atoms with E-state index in [9.17, 15) is 9.59 Å². The number of nitrogens with one attached hydrogen (secondary N) is 1. The van der Waals surface area contributed by atoms with E-state index in [-0.39, 0.29) is 12.0 Å². The average Bonchev–Trinajstić information content (AvgIpc) is 2.78. The third-order valence-electron chi connectivity index (χ3n) is 6.65. The Hall–Kier alpha value is -2.12. The number of carbonyl (C=O) groups excluding carboxylic acids is 2. The molecule has 2 amide bonds. The van der Waals surface area contributed by atoms with Crippen LogP contribution in [0.25, 0.3) is 0 Å². The molecule has 1 aromatic rings. The van der Waals surface area contributed by atoms with Gasteiger partial charge in [0.1, 0.15) is 11.6 Å². The van der Waals surface area contributed by atoms with Crippen LogP contribution in [0.3, 0.4) is 0 Å². The van der Waals surface area contributed by atoms with E-state index in [1.54, 1.807) is 4.90 Å². The second-order valence-corrected chi connectivity index (χ2v) is 10.5. The van der Waals surface area contributed by atoms with Gasteiger partial charge in [-0.25, -0.2) is 4.79 Å². The molecule has 3 rings (SSSR count). The predicted octanol–water partition coefficient (Wildman–Crippen LogP) is 3.00. The van der Waals surface area contributed by atoms with Crippen molar-refractivity contribution in [3.05, 3.63) is 35.9 Å². The van der Waals surface area contributed by atoms with Crippen molar-refractivity contribution >= 4 is 12.0 Å². The van der Waals surface area contributed by atoms with Gasteiger partial charge in [-0.1, -0.05) is 30.3 Å². The molecule has 2 saturated heterocycles. The normalized spacial score (nSPS) is 22.7. The van der Waals surface area contributed by atoms with Crippen molar-refractivity contribution in [3.8, 4) is 0 Å². The minimum Gasteiger partial charge on any atom is -0.444 e. The summed E-state index contributed by atoms with van der Waals surface area (Å²) in [6, 6.07) is 10.00. The Labute approximate surface area is 199 Å². The molecular weight excluding hydrogens is 416 g/mol. The summed E-state index contributed by atoms with van der Waals surface area (Å²) in [6.07, 6.45) is 3.22. The van der Waals surface area contributed by atoms with Crippen LogP contribution < -0.4 is 5.32 Å². The van der Waals surface area contributed by atoms with Crippen molar-refractivity contribution in [1.29, 1.82) is 0 Å². The van der Waals surface area contributed by atoms with Crippen molar-refractivity contribution in [2.45, 2.75) is 58.1 Å². The van der Waals surface area contributed by atoms with Crippen LogP contribution in [0.4, 0.5) is 4.79 Å². The highest BCUT2D eigenvalue weighted by molar-refractivity contribution is 5.86. The van der Waals surface area contributed by atoms with Gasteiger partial charge in [-0.15, -0.1) is 0 Å². The number of piperidine rings is 1. The largest absolute Gasteiger partial charge is 0.444 e. The first-order valence-corrected chi connectivity index (χ1v) is 12.4. The average molecular weight is 459 g/mol. The number of ether oxygens (including phenoxy) is 1. The van der Waals surface area contributed by atoms with Gasteiger partial charge in [0.25, 0.3) is 0 Å². The van der Waals surface area contributed by atoms with Crippen molar-refractivity contribution in [2.75, 3.05) is 52.9 Å². The maximum Gasteiger partial charge on any atom is 0.410 e. The molecule has 184 valence electrons. The molecule has 2 aliphatic rings. The Kier molecular flexibility index (Phi) is 9.15. The van der Waals surface area contributed by atoms with Gasteiger partial charge in [0.15, 0.2) is 0 Å². The number of likely N-dealkylation sites (N-methyl/N-ethyl adjacent to an activating group) is 1. The Morgan fingerprint density at radius 3 is 2.42 bits per heavy atom. The van der Waals surface area contributed by atoms with E-state index in [4.69, 9.17) is 4.74 Å². The molecule has 7 nitrogen and oxygen atoms in total. The molecule has 2 atom stereocenters. The first-order valence-electron chi connectivity index (χ1n) is 12.4. The van der Waals surface area contributed by atoms with Gasteiger partial charge in [-0.3, -0.25) is 14.6 Å². The zero-order chi connectivity index (χ0) is 23.8. The predicted molar refractivity (Wildman–Crippen MR) is 131 cm³/mol. The second kappa shape index (κ2) is 11.8. The number of amides is 2. The van der Waals surface area contributed by atoms with Crippen LogP contribution in [0.1, 0.15) is 45.6 Å². The summed E-state index contributed by atoms with van der Waals surface area (Å²) in [6.45, 7) is 11.8. The van der Waals surface area contributed by atoms with Crippen LogP contribution in [0.5, 0.6) is 0 Å². The fourth-order valence-electron chi connectivity index (χ4n) is 4.63. The molecule has 1 aromatic carbocycles. The van der Waals surface area contributed by atoms with Crippen molar-refractivity contribution in [3.63, 3.8) is 0 Å². The second-order valence-electron chi connectivity index (χ2n) is 10.5. The smallest absolute Gasteiger partial charge is 0.410 e. The van der Waals surface area contributed by atoms with Crippen LogP contribution >= 0.6 is 0 Å². The molecule has 0 aliphatic carbocycles. The van der Waals surface area contributed by atoms with E-state index in [1.165, 1.54) is 5.56 Å². The van der Waals surface area contributed by atoms with Crippen molar-refractivity contribution in [2.24, 2.45) is 5.92 Å². The molecule has 2 unspecified atom stereocenters. The van der Waals surface area contributed by atoms with Gasteiger partial charge < -0.3 is 15.0 Å². The minimum atomic E-state index is -0.580. The SMILES string of the molecule is CN1CCN(CCNC(=O)C2CC(CCc3ccccc3)CCN2C(=O)OC(C)(C)C)CC1. The van der Waals surface area contributed by atoms with Crippen LogP contribution in [-0.2, 0) is 16.0 Å². The van der Waals surface area contributed by atoms with E-state index in [2.05, 4.69) is 46.4 Å². The number of rotatable bonds is 7. The van der Waals surface area contributed by atoms with Crippen LogP contribution in [0.2, 0.25) is 0 Å². The standard InChI is InChI=1S/C26H42N4O3/c1-26(2,3)33-25(32)30-14-12-22(11-10-21-8-6-5-7-9-21)20-23(30)24(31)27-13-15-29-18-16-28(4)17-19-29/h5-9,22-23H,10-20H2,1-4H3,(H,27,31).